The summed E-state index contributed by atoms with van der Waals surface area (Å²) in [6.45, 7) is 1.44. The molecule has 3 rings (SSSR count). The summed E-state index contributed by atoms with van der Waals surface area (Å²) < 4.78 is 0.953. The number of rotatable bonds is 1. The van der Waals surface area contributed by atoms with Crippen LogP contribution in [0.3, 0.4) is 0 Å². The Morgan fingerprint density at radius 2 is 1.70 bits per heavy atom. The molecule has 12 radical (unpaired) electrons. The average molecular weight is 345 g/mol. The molecule has 2 amide bonds. The number of hydrogen-bond acceptors (Lipinski definition) is 5. The zero-order valence-electron chi connectivity index (χ0n) is 14.3. The topological polar surface area (TPSA) is 107 Å². The van der Waals surface area contributed by atoms with E-state index in [0.717, 1.165) is 4.57 Å². The first-order valence-electron chi connectivity index (χ1n) is 7.74. The van der Waals surface area contributed by atoms with Crippen LogP contribution in [0.5, 0.6) is 0 Å². The van der Waals surface area contributed by atoms with Crippen molar-refractivity contribution in [1.29, 1.82) is 0 Å². The summed E-state index contributed by atoms with van der Waals surface area (Å²) in [6.07, 6.45) is 0. The van der Waals surface area contributed by atoms with Crippen molar-refractivity contribution in [1.82, 2.24) is 14.9 Å². The van der Waals surface area contributed by atoms with Crippen LogP contribution in [0.1, 0.15) is 11.9 Å². The molecule has 2 heterocycles. The van der Waals surface area contributed by atoms with E-state index in [0.29, 0.717) is 0 Å². The van der Waals surface area contributed by atoms with Gasteiger partial charge in [0, 0.05) is 5.69 Å². The van der Waals surface area contributed by atoms with Gasteiger partial charge in [0.25, 0.3) is 5.56 Å². The number of carbonyl (C=O) groups is 2. The molecule has 13 heteroatoms. The van der Waals surface area contributed by atoms with E-state index in [1.54, 1.807) is 0 Å². The molecule has 2 unspecified atom stereocenters. The van der Waals surface area contributed by atoms with Gasteiger partial charge in [-0.3, -0.25) is 24.3 Å². The Kier molecular flexibility index (Phi) is 4.40. The number of nitrogens with zero attached hydrogens (tertiary/aromatic N) is 2. The molecule has 1 aromatic carbocycles. The largest absolute Gasteiger partial charge is 0.399 e. The molecule has 0 aliphatic carbocycles. The maximum absolute atomic E-state index is 13.2. The van der Waals surface area contributed by atoms with Gasteiger partial charge in [0.1, 0.15) is 35.4 Å². The third-order valence-electron chi connectivity index (χ3n) is 4.76. The first-order valence-corrected chi connectivity index (χ1v) is 7.74. The predicted molar refractivity (Wildman–Crippen MR) is 107 cm³/mol. The minimum absolute atomic E-state index is 0.00955. The van der Waals surface area contributed by atoms with Gasteiger partial charge in [0.05, 0.1) is 34.4 Å². The third-order valence-corrected chi connectivity index (χ3v) is 4.76. The summed E-state index contributed by atoms with van der Waals surface area (Å²) in [6, 6.07) is -1.42. The average Bonchev–Trinajstić information content (AvgIpc) is 2.59. The number of fused-ring (bicyclic) bond motifs is 1. The molecule has 2 aromatic rings. The van der Waals surface area contributed by atoms with E-state index in [1.165, 1.54) is 6.92 Å². The molecule has 3 N–H and O–H groups in total. The predicted octanol–water partition coefficient (Wildman–Crippen LogP) is -4.72. The van der Waals surface area contributed by atoms with Crippen molar-refractivity contribution >= 4 is 91.9 Å². The number of piperidine rings is 1. The number of imide groups is 1. The quantitative estimate of drug-likeness (QED) is 0.307. The minimum Gasteiger partial charge on any atom is -0.399 e. The standard InChI is InChI=1S/C14H8B6N4O3/c1-2-22-8-3(7(21)5(16)4(15)6(8)17)12(26)24(2)9-10(18)14(19,20)13(27)23-11(9)25/h9-10H,21H2,1H3,(H,23,25,27). The fourth-order valence-corrected chi connectivity index (χ4v) is 3.11. The number of carbonyl (C=O) groups excluding carboxylic acids is 2. The van der Waals surface area contributed by atoms with Gasteiger partial charge in [-0.25, -0.2) is 4.98 Å². The molecule has 1 aliphatic heterocycles. The molecule has 7 nitrogen and oxygen atoms in total. The maximum Gasteiger partial charge on any atom is 0.264 e. The Bertz CT molecular complexity index is 1080. The van der Waals surface area contributed by atoms with Crippen LogP contribution in [0.25, 0.3) is 10.9 Å². The van der Waals surface area contributed by atoms with Crippen LogP contribution in [-0.2, 0) is 9.59 Å². The van der Waals surface area contributed by atoms with Crippen molar-refractivity contribution in [3.05, 3.63) is 16.2 Å². The molecule has 1 saturated heterocycles. The molecule has 0 bridgehead atoms. The Hall–Kier alpha value is -2.31. The van der Waals surface area contributed by atoms with E-state index in [1.807, 2.05) is 5.32 Å². The number of aryl methyl sites for hydroxylation is 1. The second-order valence-electron chi connectivity index (χ2n) is 6.43. The molecule has 27 heavy (non-hydrogen) atoms. The van der Waals surface area contributed by atoms with Crippen LogP contribution >= 0.6 is 0 Å². The first kappa shape index (κ1) is 19.5. The highest BCUT2D eigenvalue weighted by atomic mass is 16.2. The summed E-state index contributed by atoms with van der Waals surface area (Å²) in [4.78, 5) is 41.6. The number of anilines is 1. The molecular weight excluding hydrogens is 337 g/mol. The van der Waals surface area contributed by atoms with Crippen LogP contribution in [0.2, 0.25) is 11.0 Å². The lowest BCUT2D eigenvalue weighted by Gasteiger charge is -2.42. The molecule has 1 aliphatic rings. The van der Waals surface area contributed by atoms with E-state index < -0.39 is 34.4 Å². The Morgan fingerprint density at radius 3 is 2.30 bits per heavy atom. The van der Waals surface area contributed by atoms with E-state index in [9.17, 15) is 14.4 Å². The van der Waals surface area contributed by atoms with Crippen molar-refractivity contribution in [3.8, 4) is 0 Å². The van der Waals surface area contributed by atoms with E-state index in [2.05, 4.69) is 4.98 Å². The molecule has 2 atom stereocenters. The Balaban J connectivity index is 2.38. The summed E-state index contributed by atoms with van der Waals surface area (Å²) in [7, 11) is 34.9. The zero-order valence-corrected chi connectivity index (χ0v) is 14.3. The molecule has 0 saturated carbocycles. The van der Waals surface area contributed by atoms with Crippen LogP contribution < -0.4 is 33.0 Å². The fourth-order valence-electron chi connectivity index (χ4n) is 3.11. The fraction of sp³-hybridized carbons (Fsp3) is 0.286. The zero-order chi connectivity index (χ0) is 20.4. The van der Waals surface area contributed by atoms with Gasteiger partial charge < -0.3 is 5.73 Å². The van der Waals surface area contributed by atoms with Crippen LogP contribution in [-0.4, -0.2) is 68.4 Å². The summed E-state index contributed by atoms with van der Waals surface area (Å²) in [5, 5.41) is -0.229. The Morgan fingerprint density at radius 1 is 1.11 bits per heavy atom. The van der Waals surface area contributed by atoms with Gasteiger partial charge in [0.15, 0.2) is 0 Å². The molecule has 0 spiro atoms. The van der Waals surface area contributed by atoms with Gasteiger partial charge in [0.2, 0.25) is 11.8 Å². The summed E-state index contributed by atoms with van der Waals surface area (Å²) in [5.74, 6) is -3.18. The molecule has 1 aromatic heterocycles. The van der Waals surface area contributed by atoms with Crippen molar-refractivity contribution in [2.45, 2.75) is 24.0 Å². The van der Waals surface area contributed by atoms with E-state index >= 15 is 0 Å². The monoisotopic (exact) mass is 346 g/mol. The first-order chi connectivity index (χ1) is 12.4. The van der Waals surface area contributed by atoms with Gasteiger partial charge in [-0.15, -0.1) is 5.46 Å². The number of hydrogen-bond donors (Lipinski definition) is 2. The maximum atomic E-state index is 13.2. The van der Waals surface area contributed by atoms with E-state index in [-0.39, 0.29) is 38.8 Å². The molecule has 1 fully saturated rings. The number of nitrogen functional groups attached to an aromatic ring is 1. The number of amides is 2. The number of nitrogens with one attached hydrogen (secondary N) is 1. The molecular formula is C14H8B6N4O3. The highest BCUT2D eigenvalue weighted by Crippen LogP contribution is 2.42. The second kappa shape index (κ2) is 6.11. The number of aromatic nitrogens is 2. The lowest BCUT2D eigenvalue weighted by Crippen LogP contribution is -2.55. The lowest BCUT2D eigenvalue weighted by atomic mass is 9.40. The highest BCUT2D eigenvalue weighted by molar-refractivity contribution is 6.61. The second-order valence-corrected chi connectivity index (χ2v) is 6.43. The van der Waals surface area contributed by atoms with Gasteiger partial charge in [-0.1, -0.05) is 10.9 Å². The van der Waals surface area contributed by atoms with Crippen LogP contribution in [0.15, 0.2) is 4.79 Å². The van der Waals surface area contributed by atoms with E-state index in [4.69, 9.17) is 52.8 Å². The van der Waals surface area contributed by atoms with Crippen LogP contribution in [0.4, 0.5) is 5.69 Å². The van der Waals surface area contributed by atoms with Gasteiger partial charge in [-0.2, -0.15) is 0 Å². The van der Waals surface area contributed by atoms with Crippen LogP contribution in [0, 0.1) is 6.92 Å². The van der Waals surface area contributed by atoms with Crippen molar-refractivity contribution in [2.75, 3.05) is 5.73 Å². The third kappa shape index (κ3) is 2.58. The van der Waals surface area contributed by atoms with Crippen molar-refractivity contribution in [2.24, 2.45) is 0 Å². The van der Waals surface area contributed by atoms with Gasteiger partial charge in [-0.05, 0) is 18.0 Å². The number of benzene rings is 1. The van der Waals surface area contributed by atoms with Crippen molar-refractivity contribution < 1.29 is 9.59 Å². The smallest absolute Gasteiger partial charge is 0.264 e. The SMILES string of the molecule is [B]c1c([B])c(N)c2c(=O)n(C3C(=O)NC(=O)C([B])([B])C3[B])c(C)nc2c1[B]. The highest BCUT2D eigenvalue weighted by Gasteiger charge is 2.47. The summed E-state index contributed by atoms with van der Waals surface area (Å²) >= 11 is 0. The lowest BCUT2D eigenvalue weighted by molar-refractivity contribution is -0.136. The Labute approximate surface area is 162 Å². The molecule has 120 valence electrons. The van der Waals surface area contributed by atoms with Crippen molar-refractivity contribution in [3.63, 3.8) is 0 Å². The van der Waals surface area contributed by atoms with Gasteiger partial charge >= 0.3 is 0 Å². The summed E-state index contributed by atoms with van der Waals surface area (Å²) in [5.41, 5.74) is 4.94. The normalized spacial score (nSPS) is 22.0. The minimum atomic E-state index is -2.09. The number of nitrogens with two attached hydrogens (primary N) is 1.